The van der Waals surface area contributed by atoms with E-state index in [1.54, 1.807) is 0 Å². The first-order chi connectivity index (χ1) is 12.4. The summed E-state index contributed by atoms with van der Waals surface area (Å²) < 4.78 is 45.5. The highest BCUT2D eigenvalue weighted by atomic mass is 19.4. The van der Waals surface area contributed by atoms with Crippen LogP contribution in [0.15, 0.2) is 47.1 Å². The highest BCUT2D eigenvalue weighted by molar-refractivity contribution is 5.54. The predicted molar refractivity (Wildman–Crippen MR) is 88.0 cm³/mol. The van der Waals surface area contributed by atoms with Crippen LogP contribution < -0.4 is 0 Å². The molecule has 0 unspecified atom stereocenters. The van der Waals surface area contributed by atoms with Gasteiger partial charge >= 0.3 is 6.18 Å². The first-order valence-corrected chi connectivity index (χ1v) is 8.31. The van der Waals surface area contributed by atoms with Crippen LogP contribution in [0.3, 0.4) is 0 Å². The van der Waals surface area contributed by atoms with Gasteiger partial charge in [0.15, 0.2) is 0 Å². The molecule has 0 fully saturated rings. The summed E-state index contributed by atoms with van der Waals surface area (Å²) in [7, 11) is 0. The van der Waals surface area contributed by atoms with Crippen LogP contribution in [0.4, 0.5) is 13.2 Å². The summed E-state index contributed by atoms with van der Waals surface area (Å²) in [5.41, 5.74) is 1.03. The molecule has 0 radical (unpaired) electrons. The third-order valence-corrected chi connectivity index (χ3v) is 4.75. The van der Waals surface area contributed by atoms with Crippen molar-refractivity contribution < 1.29 is 17.7 Å². The Kier molecular flexibility index (Phi) is 4.07. The van der Waals surface area contributed by atoms with Crippen molar-refractivity contribution >= 4 is 0 Å². The minimum Gasteiger partial charge on any atom is -0.349 e. The van der Waals surface area contributed by atoms with Crippen molar-refractivity contribution in [3.05, 3.63) is 59.7 Å². The van der Waals surface area contributed by atoms with Crippen molar-refractivity contribution in [2.45, 2.75) is 32.2 Å². The summed E-state index contributed by atoms with van der Waals surface area (Å²) >= 11 is 0. The summed E-state index contributed by atoms with van der Waals surface area (Å²) in [6, 6.07) is 9.10. The SMILES string of the molecule is C[C@H]1c2cccn2CCN1Cc1nc(-c2ccc(C(F)(F)F)cc2)no1. The minimum absolute atomic E-state index is 0.222. The second-order valence-corrected chi connectivity index (χ2v) is 6.36. The minimum atomic E-state index is -4.36. The molecule has 0 aliphatic carbocycles. The smallest absolute Gasteiger partial charge is 0.349 e. The van der Waals surface area contributed by atoms with E-state index in [4.69, 9.17) is 4.52 Å². The first kappa shape index (κ1) is 16.8. The van der Waals surface area contributed by atoms with Gasteiger partial charge in [0.1, 0.15) is 0 Å². The second-order valence-electron chi connectivity index (χ2n) is 6.36. The fraction of sp³-hybridized carbons (Fsp3) is 0.333. The van der Waals surface area contributed by atoms with Gasteiger partial charge in [-0.3, -0.25) is 4.90 Å². The maximum atomic E-state index is 12.6. The second kappa shape index (κ2) is 6.28. The highest BCUT2D eigenvalue weighted by Gasteiger charge is 2.30. The standard InChI is InChI=1S/C18H17F3N4O/c1-12-15-3-2-8-24(15)9-10-25(12)11-16-22-17(23-26-16)13-4-6-14(7-5-13)18(19,20)21/h2-8,12H,9-11H2,1H3/t12-/m0/s1. The van der Waals surface area contributed by atoms with E-state index in [2.05, 4.69) is 38.8 Å². The summed E-state index contributed by atoms with van der Waals surface area (Å²) in [5, 5.41) is 3.90. The van der Waals surface area contributed by atoms with Crippen molar-refractivity contribution in [1.82, 2.24) is 19.6 Å². The van der Waals surface area contributed by atoms with Crippen LogP contribution in [0.25, 0.3) is 11.4 Å². The van der Waals surface area contributed by atoms with Crippen LogP contribution in [0.1, 0.15) is 30.1 Å². The number of fused-ring (bicyclic) bond motifs is 1. The average Bonchev–Trinajstić information content (AvgIpc) is 3.26. The Hall–Kier alpha value is -2.61. The van der Waals surface area contributed by atoms with Gasteiger partial charge in [-0.2, -0.15) is 18.2 Å². The van der Waals surface area contributed by atoms with E-state index in [9.17, 15) is 13.2 Å². The molecule has 3 heterocycles. The van der Waals surface area contributed by atoms with E-state index in [1.807, 2.05) is 6.07 Å². The maximum absolute atomic E-state index is 12.6. The molecule has 26 heavy (non-hydrogen) atoms. The molecule has 2 aromatic heterocycles. The lowest BCUT2D eigenvalue weighted by molar-refractivity contribution is -0.137. The monoisotopic (exact) mass is 362 g/mol. The lowest BCUT2D eigenvalue weighted by Gasteiger charge is -2.33. The van der Waals surface area contributed by atoms with E-state index in [0.717, 1.165) is 25.2 Å². The maximum Gasteiger partial charge on any atom is 0.416 e. The van der Waals surface area contributed by atoms with Crippen LogP contribution in [-0.4, -0.2) is 26.2 Å². The fourth-order valence-electron chi connectivity index (χ4n) is 3.26. The zero-order valence-corrected chi connectivity index (χ0v) is 14.1. The molecule has 8 heteroatoms. The molecule has 5 nitrogen and oxygen atoms in total. The van der Waals surface area contributed by atoms with Gasteiger partial charge < -0.3 is 9.09 Å². The van der Waals surface area contributed by atoms with Crippen LogP contribution in [0.5, 0.6) is 0 Å². The number of nitrogens with zero attached hydrogens (tertiary/aromatic N) is 4. The molecular formula is C18H17F3N4O. The molecule has 136 valence electrons. The molecule has 0 saturated heterocycles. The molecule has 1 aliphatic heterocycles. The molecule has 1 aromatic carbocycles. The lowest BCUT2D eigenvalue weighted by Crippen LogP contribution is -2.35. The number of hydrogen-bond acceptors (Lipinski definition) is 4. The topological polar surface area (TPSA) is 47.1 Å². The zero-order valence-electron chi connectivity index (χ0n) is 14.1. The van der Waals surface area contributed by atoms with Crippen LogP contribution >= 0.6 is 0 Å². The number of rotatable bonds is 3. The van der Waals surface area contributed by atoms with Crippen LogP contribution in [-0.2, 0) is 19.3 Å². The van der Waals surface area contributed by atoms with Crippen molar-refractivity contribution in [3.63, 3.8) is 0 Å². The van der Waals surface area contributed by atoms with Crippen molar-refractivity contribution in [1.29, 1.82) is 0 Å². The van der Waals surface area contributed by atoms with Crippen molar-refractivity contribution in [2.75, 3.05) is 6.54 Å². The number of halogens is 3. The number of aromatic nitrogens is 3. The third kappa shape index (κ3) is 3.12. The highest BCUT2D eigenvalue weighted by Crippen LogP contribution is 2.31. The molecule has 0 bridgehead atoms. The van der Waals surface area contributed by atoms with Crippen molar-refractivity contribution in [2.24, 2.45) is 0 Å². The lowest BCUT2D eigenvalue weighted by atomic mass is 10.1. The molecule has 0 spiro atoms. The molecule has 1 aliphatic rings. The molecule has 0 N–H and O–H groups in total. The Labute approximate surface area is 148 Å². The fourth-order valence-corrected chi connectivity index (χ4v) is 3.26. The van der Waals surface area contributed by atoms with Gasteiger partial charge in [0, 0.05) is 36.6 Å². The van der Waals surface area contributed by atoms with Gasteiger partial charge in [0.25, 0.3) is 0 Å². The first-order valence-electron chi connectivity index (χ1n) is 8.31. The molecule has 3 aromatic rings. The number of alkyl halides is 3. The Morgan fingerprint density at radius 1 is 1.15 bits per heavy atom. The third-order valence-electron chi connectivity index (χ3n) is 4.75. The number of hydrogen-bond donors (Lipinski definition) is 0. The molecule has 4 rings (SSSR count). The van der Waals surface area contributed by atoms with Gasteiger partial charge in [-0.25, -0.2) is 0 Å². The molecule has 1 atom stereocenters. The Morgan fingerprint density at radius 3 is 2.65 bits per heavy atom. The van der Waals surface area contributed by atoms with E-state index >= 15 is 0 Å². The summed E-state index contributed by atoms with van der Waals surface area (Å²) in [6.07, 6.45) is -2.29. The summed E-state index contributed by atoms with van der Waals surface area (Å²) in [4.78, 5) is 6.57. The van der Waals surface area contributed by atoms with Crippen LogP contribution in [0, 0.1) is 0 Å². The zero-order chi connectivity index (χ0) is 18.3. The van der Waals surface area contributed by atoms with E-state index in [1.165, 1.54) is 17.8 Å². The molecular weight excluding hydrogens is 345 g/mol. The van der Waals surface area contributed by atoms with Gasteiger partial charge in [-0.05, 0) is 31.2 Å². The van der Waals surface area contributed by atoms with Gasteiger partial charge in [-0.1, -0.05) is 17.3 Å². The van der Waals surface area contributed by atoms with Gasteiger partial charge in [0.05, 0.1) is 12.1 Å². The summed E-state index contributed by atoms with van der Waals surface area (Å²) in [6.45, 7) is 4.38. The average molecular weight is 362 g/mol. The number of benzene rings is 1. The predicted octanol–water partition coefficient (Wildman–Crippen LogP) is 4.13. The van der Waals surface area contributed by atoms with Crippen LogP contribution in [0.2, 0.25) is 0 Å². The Balaban J connectivity index is 1.49. The van der Waals surface area contributed by atoms with Gasteiger partial charge in [-0.15, -0.1) is 0 Å². The van der Waals surface area contributed by atoms with E-state index in [0.29, 0.717) is 23.8 Å². The van der Waals surface area contributed by atoms with E-state index in [-0.39, 0.29) is 6.04 Å². The largest absolute Gasteiger partial charge is 0.416 e. The van der Waals surface area contributed by atoms with E-state index < -0.39 is 11.7 Å². The summed E-state index contributed by atoms with van der Waals surface area (Å²) in [5.74, 6) is 0.744. The normalized spacial score (nSPS) is 18.1. The quantitative estimate of drug-likeness (QED) is 0.703. The molecule has 0 saturated carbocycles. The van der Waals surface area contributed by atoms with Crippen molar-refractivity contribution in [3.8, 4) is 11.4 Å². The Bertz CT molecular complexity index is 898. The Morgan fingerprint density at radius 2 is 1.92 bits per heavy atom. The van der Waals surface area contributed by atoms with Gasteiger partial charge in [0.2, 0.25) is 11.7 Å². The molecule has 0 amide bonds.